The average Bonchev–Trinajstić information content (AvgIpc) is 3.59. The van der Waals surface area contributed by atoms with Gasteiger partial charge in [-0.1, -0.05) is 31.4 Å². The molecular formula is C25H38N2O2. The largest absolute Gasteiger partial charge is 0.497 e. The van der Waals surface area contributed by atoms with Crippen molar-refractivity contribution in [2.24, 2.45) is 5.92 Å². The molecule has 4 nitrogen and oxygen atoms in total. The van der Waals surface area contributed by atoms with Crippen LogP contribution >= 0.6 is 0 Å². The Kier molecular flexibility index (Phi) is 5.86. The summed E-state index contributed by atoms with van der Waals surface area (Å²) >= 11 is 0. The third kappa shape index (κ3) is 4.22. The van der Waals surface area contributed by atoms with Crippen molar-refractivity contribution in [2.45, 2.75) is 82.0 Å². The van der Waals surface area contributed by atoms with E-state index in [1.807, 2.05) is 6.07 Å². The second kappa shape index (κ2) is 8.56. The van der Waals surface area contributed by atoms with Gasteiger partial charge in [0.25, 0.3) is 0 Å². The molecule has 5 rings (SSSR count). The molecule has 0 bridgehead atoms. The molecule has 0 radical (unpaired) electrons. The van der Waals surface area contributed by atoms with Gasteiger partial charge in [-0.15, -0.1) is 0 Å². The highest BCUT2D eigenvalue weighted by atomic mass is 16.5. The first kappa shape index (κ1) is 19.8. The maximum absolute atomic E-state index is 6.47. The van der Waals surface area contributed by atoms with Crippen molar-refractivity contribution in [3.8, 4) is 5.75 Å². The molecule has 2 heterocycles. The van der Waals surface area contributed by atoms with Gasteiger partial charge in [-0.25, -0.2) is 0 Å². The summed E-state index contributed by atoms with van der Waals surface area (Å²) in [5, 5.41) is 0. The Morgan fingerprint density at radius 3 is 2.55 bits per heavy atom. The van der Waals surface area contributed by atoms with Crippen molar-refractivity contribution in [2.75, 3.05) is 33.4 Å². The number of piperidine rings is 1. The Morgan fingerprint density at radius 1 is 1.03 bits per heavy atom. The summed E-state index contributed by atoms with van der Waals surface area (Å²) in [4.78, 5) is 5.52. The fourth-order valence-corrected chi connectivity index (χ4v) is 6.05. The molecule has 0 N–H and O–H groups in total. The Balaban J connectivity index is 1.16. The van der Waals surface area contributed by atoms with Crippen LogP contribution in [0.15, 0.2) is 24.3 Å². The van der Waals surface area contributed by atoms with Crippen LogP contribution in [-0.4, -0.2) is 60.8 Å². The minimum Gasteiger partial charge on any atom is -0.497 e. The second-order valence-electron chi connectivity index (χ2n) is 9.94. The molecule has 2 saturated heterocycles. The van der Waals surface area contributed by atoms with Gasteiger partial charge in [0.15, 0.2) is 0 Å². The molecule has 0 amide bonds. The highest BCUT2D eigenvalue weighted by molar-refractivity contribution is 5.28. The van der Waals surface area contributed by atoms with Crippen molar-refractivity contribution >= 4 is 0 Å². The van der Waals surface area contributed by atoms with Gasteiger partial charge in [0, 0.05) is 31.3 Å². The van der Waals surface area contributed by atoms with Crippen LogP contribution in [0.4, 0.5) is 0 Å². The standard InChI is InChI=1S/C25H38N2O2/c1-28-23-7-5-6-21(16-23)17-26-14-10-22(11-15-26)27-18-24(29-19-20-8-9-20)25(27)12-3-2-4-13-25/h5-7,16,20,22,24H,2-4,8-15,17-19H2,1H3. The molecule has 160 valence electrons. The zero-order valence-corrected chi connectivity index (χ0v) is 18.2. The zero-order valence-electron chi connectivity index (χ0n) is 18.2. The summed E-state index contributed by atoms with van der Waals surface area (Å²) in [6.07, 6.45) is 12.9. The predicted molar refractivity (Wildman–Crippen MR) is 116 cm³/mol. The van der Waals surface area contributed by atoms with Crippen LogP contribution in [0.25, 0.3) is 0 Å². The number of likely N-dealkylation sites (tertiary alicyclic amines) is 2. The monoisotopic (exact) mass is 398 g/mol. The number of benzene rings is 1. The van der Waals surface area contributed by atoms with Crippen molar-refractivity contribution in [1.82, 2.24) is 9.80 Å². The summed E-state index contributed by atoms with van der Waals surface area (Å²) in [6.45, 7) is 5.68. The van der Waals surface area contributed by atoms with E-state index in [1.54, 1.807) is 7.11 Å². The van der Waals surface area contributed by atoms with E-state index >= 15 is 0 Å². The Morgan fingerprint density at radius 2 is 1.83 bits per heavy atom. The molecule has 1 atom stereocenters. The van der Waals surface area contributed by atoms with Gasteiger partial charge in [-0.05, 0) is 75.2 Å². The van der Waals surface area contributed by atoms with Gasteiger partial charge in [-0.2, -0.15) is 0 Å². The van der Waals surface area contributed by atoms with Crippen LogP contribution in [0.3, 0.4) is 0 Å². The van der Waals surface area contributed by atoms with Gasteiger partial charge in [-0.3, -0.25) is 9.80 Å². The number of hydrogen-bond donors (Lipinski definition) is 0. The van der Waals surface area contributed by atoms with Crippen molar-refractivity contribution < 1.29 is 9.47 Å². The van der Waals surface area contributed by atoms with E-state index in [0.717, 1.165) is 30.9 Å². The van der Waals surface area contributed by atoms with Gasteiger partial charge in [0.2, 0.25) is 0 Å². The van der Waals surface area contributed by atoms with E-state index in [1.165, 1.54) is 83.0 Å². The van der Waals surface area contributed by atoms with Gasteiger partial charge >= 0.3 is 0 Å². The normalized spacial score (nSPS) is 28.4. The lowest BCUT2D eigenvalue weighted by molar-refractivity contribution is -0.203. The molecule has 0 aromatic heterocycles. The SMILES string of the molecule is COc1cccc(CN2CCC(N3CC(OCC4CC4)C34CCCCC4)CC2)c1. The molecule has 2 aliphatic heterocycles. The van der Waals surface area contributed by atoms with Crippen LogP contribution in [0.5, 0.6) is 5.75 Å². The molecule has 1 spiro atoms. The van der Waals surface area contributed by atoms with E-state index in [4.69, 9.17) is 9.47 Å². The predicted octanol–water partition coefficient (Wildman–Crippen LogP) is 4.47. The molecule has 4 fully saturated rings. The molecule has 29 heavy (non-hydrogen) atoms. The van der Waals surface area contributed by atoms with Crippen LogP contribution in [-0.2, 0) is 11.3 Å². The first-order valence-electron chi connectivity index (χ1n) is 12.0. The molecule has 4 heteroatoms. The maximum atomic E-state index is 6.47. The van der Waals surface area contributed by atoms with Gasteiger partial charge in [0.05, 0.1) is 13.2 Å². The molecule has 2 aliphatic carbocycles. The lowest BCUT2D eigenvalue weighted by Gasteiger charge is -2.63. The number of ether oxygens (including phenoxy) is 2. The summed E-state index contributed by atoms with van der Waals surface area (Å²) in [7, 11) is 1.75. The molecule has 2 saturated carbocycles. The Labute approximate surface area is 176 Å². The van der Waals surface area contributed by atoms with Crippen LogP contribution < -0.4 is 4.74 Å². The van der Waals surface area contributed by atoms with E-state index in [0.29, 0.717) is 11.6 Å². The number of methoxy groups -OCH3 is 1. The van der Waals surface area contributed by atoms with E-state index in [9.17, 15) is 0 Å². The summed E-state index contributed by atoms with van der Waals surface area (Å²) in [6, 6.07) is 9.31. The number of hydrogen-bond acceptors (Lipinski definition) is 4. The first-order chi connectivity index (χ1) is 14.3. The third-order valence-electron chi connectivity index (χ3n) is 8.02. The molecule has 1 unspecified atom stereocenters. The Hall–Kier alpha value is -1.10. The minimum atomic E-state index is 0.382. The van der Waals surface area contributed by atoms with Crippen molar-refractivity contribution in [1.29, 1.82) is 0 Å². The van der Waals surface area contributed by atoms with Crippen molar-refractivity contribution in [3.05, 3.63) is 29.8 Å². The first-order valence-corrected chi connectivity index (χ1v) is 12.0. The highest BCUT2D eigenvalue weighted by Crippen LogP contribution is 2.48. The van der Waals surface area contributed by atoms with E-state index in [2.05, 4.69) is 28.0 Å². The van der Waals surface area contributed by atoms with Crippen LogP contribution in [0.2, 0.25) is 0 Å². The highest BCUT2D eigenvalue weighted by Gasteiger charge is 2.56. The fourth-order valence-electron chi connectivity index (χ4n) is 6.05. The lowest BCUT2D eigenvalue weighted by Crippen LogP contribution is -2.75. The number of rotatable bonds is 7. The molecule has 1 aromatic rings. The maximum Gasteiger partial charge on any atom is 0.119 e. The quantitative estimate of drug-likeness (QED) is 0.676. The average molecular weight is 399 g/mol. The fraction of sp³-hybridized carbons (Fsp3) is 0.760. The summed E-state index contributed by atoms with van der Waals surface area (Å²) in [5.74, 6) is 1.85. The van der Waals surface area contributed by atoms with Gasteiger partial charge < -0.3 is 9.47 Å². The van der Waals surface area contributed by atoms with Crippen LogP contribution in [0, 0.1) is 5.92 Å². The van der Waals surface area contributed by atoms with E-state index in [-0.39, 0.29) is 0 Å². The summed E-state index contributed by atoms with van der Waals surface area (Å²) < 4.78 is 11.9. The third-order valence-corrected chi connectivity index (χ3v) is 8.02. The molecule has 1 aromatic carbocycles. The molecular weight excluding hydrogens is 360 g/mol. The zero-order chi connectivity index (χ0) is 19.7. The van der Waals surface area contributed by atoms with Crippen molar-refractivity contribution in [3.63, 3.8) is 0 Å². The smallest absolute Gasteiger partial charge is 0.119 e. The number of nitrogens with zero attached hydrogens (tertiary/aromatic N) is 2. The Bertz CT molecular complexity index is 675. The lowest BCUT2D eigenvalue weighted by atomic mass is 9.69. The molecule has 4 aliphatic rings. The van der Waals surface area contributed by atoms with Crippen LogP contribution in [0.1, 0.15) is 63.4 Å². The van der Waals surface area contributed by atoms with Gasteiger partial charge in [0.1, 0.15) is 5.75 Å². The van der Waals surface area contributed by atoms with E-state index < -0.39 is 0 Å². The second-order valence-corrected chi connectivity index (χ2v) is 9.94. The summed E-state index contributed by atoms with van der Waals surface area (Å²) in [5.41, 5.74) is 1.75. The topological polar surface area (TPSA) is 24.9 Å². The minimum absolute atomic E-state index is 0.382.